The van der Waals surface area contributed by atoms with Crippen molar-refractivity contribution in [2.24, 2.45) is 4.99 Å². The zero-order chi connectivity index (χ0) is 18.1. The van der Waals surface area contributed by atoms with Crippen molar-refractivity contribution in [2.75, 3.05) is 20.8 Å². The Morgan fingerprint density at radius 2 is 2.04 bits per heavy atom. The summed E-state index contributed by atoms with van der Waals surface area (Å²) in [5.74, 6) is 3.10. The molecule has 0 saturated carbocycles. The summed E-state index contributed by atoms with van der Waals surface area (Å²) in [7, 11) is 3.28. The molecular formula is C17H26N6O2. The normalized spacial score (nSPS) is 11.3. The van der Waals surface area contributed by atoms with E-state index in [1.54, 1.807) is 20.5 Å². The van der Waals surface area contributed by atoms with E-state index >= 15 is 0 Å². The summed E-state index contributed by atoms with van der Waals surface area (Å²) in [6.07, 6.45) is 1.73. The summed E-state index contributed by atoms with van der Waals surface area (Å²) in [5, 5.41) is 14.6. The van der Waals surface area contributed by atoms with Gasteiger partial charge in [0, 0.05) is 24.7 Å². The fraction of sp³-hybridized carbons (Fsp3) is 0.471. The van der Waals surface area contributed by atoms with Gasteiger partial charge in [-0.1, -0.05) is 0 Å². The lowest BCUT2D eigenvalue weighted by molar-refractivity contribution is 0.391. The molecule has 0 amide bonds. The maximum Gasteiger partial charge on any atom is 0.191 e. The van der Waals surface area contributed by atoms with Crippen molar-refractivity contribution < 1.29 is 9.47 Å². The van der Waals surface area contributed by atoms with Crippen LogP contribution in [0.2, 0.25) is 0 Å². The molecule has 0 radical (unpaired) electrons. The van der Waals surface area contributed by atoms with Crippen LogP contribution in [0.15, 0.2) is 29.5 Å². The van der Waals surface area contributed by atoms with E-state index in [1.807, 2.05) is 29.7 Å². The number of aliphatic imine (C=N–C) groups is 1. The molecule has 0 aliphatic heterocycles. The highest BCUT2D eigenvalue weighted by Gasteiger charge is 2.07. The lowest BCUT2D eigenvalue weighted by Gasteiger charge is -2.12. The molecular weight excluding hydrogens is 320 g/mol. The van der Waals surface area contributed by atoms with Crippen molar-refractivity contribution >= 4 is 5.96 Å². The van der Waals surface area contributed by atoms with Gasteiger partial charge in [-0.3, -0.25) is 0 Å². The first-order valence-corrected chi connectivity index (χ1v) is 8.31. The second-order valence-electron chi connectivity index (χ2n) is 5.26. The number of aromatic nitrogens is 3. The molecule has 136 valence electrons. The molecule has 8 heteroatoms. The summed E-state index contributed by atoms with van der Waals surface area (Å²) >= 11 is 0. The van der Waals surface area contributed by atoms with E-state index < -0.39 is 0 Å². The van der Waals surface area contributed by atoms with Crippen LogP contribution in [-0.2, 0) is 19.6 Å². The Balaban J connectivity index is 2.06. The number of rotatable bonds is 8. The van der Waals surface area contributed by atoms with Gasteiger partial charge >= 0.3 is 0 Å². The molecule has 2 rings (SSSR count). The molecule has 0 bridgehead atoms. The molecule has 0 spiro atoms. The summed E-state index contributed by atoms with van der Waals surface area (Å²) < 4.78 is 12.6. The Morgan fingerprint density at radius 1 is 1.20 bits per heavy atom. The van der Waals surface area contributed by atoms with Gasteiger partial charge in [0.1, 0.15) is 17.8 Å². The topological polar surface area (TPSA) is 85.6 Å². The average molecular weight is 346 g/mol. The molecule has 0 fully saturated rings. The first-order valence-electron chi connectivity index (χ1n) is 8.31. The van der Waals surface area contributed by atoms with Gasteiger partial charge in [0.2, 0.25) is 0 Å². The third-order valence-corrected chi connectivity index (χ3v) is 3.70. The molecule has 1 heterocycles. The van der Waals surface area contributed by atoms with Crippen LogP contribution in [0.1, 0.15) is 25.2 Å². The monoisotopic (exact) mass is 346 g/mol. The fourth-order valence-corrected chi connectivity index (χ4v) is 2.33. The Morgan fingerprint density at radius 3 is 2.72 bits per heavy atom. The van der Waals surface area contributed by atoms with Gasteiger partial charge in [0.15, 0.2) is 11.8 Å². The first-order chi connectivity index (χ1) is 12.2. The van der Waals surface area contributed by atoms with Crippen LogP contribution < -0.4 is 20.1 Å². The van der Waals surface area contributed by atoms with Crippen LogP contribution in [0, 0.1) is 0 Å². The van der Waals surface area contributed by atoms with Gasteiger partial charge in [-0.05, 0) is 26.0 Å². The Bertz CT molecular complexity index is 698. The second-order valence-corrected chi connectivity index (χ2v) is 5.26. The maximum absolute atomic E-state index is 5.42. The Hall–Kier alpha value is -2.77. The standard InChI is InChI=1S/C17H26N6O2/c1-5-18-17(20-11-16-22-21-12-23(16)6-2)19-10-13-7-8-14(24-3)9-15(13)25-4/h7-9,12H,5-6,10-11H2,1-4H3,(H2,18,19,20). The number of benzene rings is 1. The molecule has 2 N–H and O–H groups in total. The summed E-state index contributed by atoms with van der Waals surface area (Å²) in [6, 6.07) is 5.71. The first kappa shape index (κ1) is 18.6. The molecule has 0 saturated heterocycles. The molecule has 0 aliphatic rings. The lowest BCUT2D eigenvalue weighted by Crippen LogP contribution is -2.37. The zero-order valence-electron chi connectivity index (χ0n) is 15.2. The third-order valence-electron chi connectivity index (χ3n) is 3.70. The molecule has 25 heavy (non-hydrogen) atoms. The summed E-state index contributed by atoms with van der Waals surface area (Å²) in [5.41, 5.74) is 0.984. The molecule has 1 aromatic heterocycles. The predicted octanol–water partition coefficient (Wildman–Crippen LogP) is 1.57. The largest absolute Gasteiger partial charge is 0.497 e. The predicted molar refractivity (Wildman–Crippen MR) is 96.9 cm³/mol. The number of nitrogens with one attached hydrogen (secondary N) is 2. The van der Waals surface area contributed by atoms with Crippen molar-refractivity contribution in [1.29, 1.82) is 0 Å². The van der Waals surface area contributed by atoms with Crippen LogP contribution in [0.5, 0.6) is 11.5 Å². The second kappa shape index (κ2) is 9.51. The van der Waals surface area contributed by atoms with Gasteiger partial charge in [0.25, 0.3) is 0 Å². The molecule has 2 aromatic rings. The van der Waals surface area contributed by atoms with Gasteiger partial charge < -0.3 is 24.7 Å². The number of ether oxygens (including phenoxy) is 2. The third kappa shape index (κ3) is 5.10. The number of hydrogen-bond donors (Lipinski definition) is 2. The number of hydrogen-bond acceptors (Lipinski definition) is 5. The van der Waals surface area contributed by atoms with Crippen LogP contribution in [0.4, 0.5) is 0 Å². The van der Waals surface area contributed by atoms with Crippen molar-refractivity contribution in [3.63, 3.8) is 0 Å². The molecule has 1 aromatic carbocycles. The minimum atomic E-state index is 0.489. The van der Waals surface area contributed by atoms with Gasteiger partial charge in [-0.2, -0.15) is 0 Å². The van der Waals surface area contributed by atoms with E-state index in [-0.39, 0.29) is 0 Å². The van der Waals surface area contributed by atoms with E-state index in [9.17, 15) is 0 Å². The minimum absolute atomic E-state index is 0.489. The highest BCUT2D eigenvalue weighted by atomic mass is 16.5. The van der Waals surface area contributed by atoms with Gasteiger partial charge in [-0.15, -0.1) is 10.2 Å². The van der Waals surface area contributed by atoms with E-state index in [0.29, 0.717) is 19.0 Å². The smallest absolute Gasteiger partial charge is 0.191 e. The molecule has 0 unspecified atom stereocenters. The van der Waals surface area contributed by atoms with Gasteiger partial charge in [-0.25, -0.2) is 4.99 Å². The number of methoxy groups -OCH3 is 2. The zero-order valence-corrected chi connectivity index (χ0v) is 15.2. The quantitative estimate of drug-likeness (QED) is 0.557. The average Bonchev–Trinajstić information content (AvgIpc) is 3.11. The van der Waals surface area contributed by atoms with E-state index in [4.69, 9.17) is 9.47 Å². The minimum Gasteiger partial charge on any atom is -0.497 e. The number of aryl methyl sites for hydroxylation is 1. The van der Waals surface area contributed by atoms with E-state index in [2.05, 4.69) is 32.7 Å². The molecule has 8 nitrogen and oxygen atoms in total. The Labute approximate surface area is 148 Å². The van der Waals surface area contributed by atoms with Crippen molar-refractivity contribution in [1.82, 2.24) is 25.4 Å². The van der Waals surface area contributed by atoms with E-state index in [0.717, 1.165) is 36.0 Å². The van der Waals surface area contributed by atoms with Crippen molar-refractivity contribution in [3.05, 3.63) is 35.9 Å². The van der Waals surface area contributed by atoms with Crippen LogP contribution >= 0.6 is 0 Å². The summed E-state index contributed by atoms with van der Waals surface area (Å²) in [4.78, 5) is 4.62. The maximum atomic E-state index is 5.42. The van der Waals surface area contributed by atoms with Crippen molar-refractivity contribution in [2.45, 2.75) is 33.5 Å². The van der Waals surface area contributed by atoms with Crippen LogP contribution in [-0.4, -0.2) is 41.5 Å². The molecule has 0 aliphatic carbocycles. The highest BCUT2D eigenvalue weighted by Crippen LogP contribution is 2.25. The van der Waals surface area contributed by atoms with Crippen molar-refractivity contribution in [3.8, 4) is 11.5 Å². The summed E-state index contributed by atoms with van der Waals surface area (Å²) in [6.45, 7) is 6.73. The lowest BCUT2D eigenvalue weighted by atomic mass is 10.2. The van der Waals surface area contributed by atoms with Crippen LogP contribution in [0.25, 0.3) is 0 Å². The van der Waals surface area contributed by atoms with Gasteiger partial charge in [0.05, 0.1) is 27.3 Å². The SMILES string of the molecule is CCNC(=NCc1ccc(OC)cc1OC)NCc1nncn1CC. The van der Waals surface area contributed by atoms with Crippen LogP contribution in [0.3, 0.4) is 0 Å². The number of guanidine groups is 1. The molecule has 0 atom stereocenters. The number of nitrogens with zero attached hydrogens (tertiary/aromatic N) is 4. The fourth-order valence-electron chi connectivity index (χ4n) is 2.33. The van der Waals surface area contributed by atoms with E-state index in [1.165, 1.54) is 0 Å². The Kier molecular flexibility index (Phi) is 7.06. The highest BCUT2D eigenvalue weighted by molar-refractivity contribution is 5.79.